The van der Waals surface area contributed by atoms with E-state index >= 15 is 0 Å². The lowest BCUT2D eigenvalue weighted by molar-refractivity contribution is -0.0328. The minimum atomic E-state index is -4.38. The first-order valence-corrected chi connectivity index (χ1v) is 9.02. The molecule has 8 heteroatoms. The van der Waals surface area contributed by atoms with Crippen molar-refractivity contribution in [3.8, 4) is 0 Å². The van der Waals surface area contributed by atoms with E-state index in [9.17, 15) is 13.2 Å². The molecule has 0 fully saturated rings. The molecule has 26 heavy (non-hydrogen) atoms. The van der Waals surface area contributed by atoms with Crippen molar-refractivity contribution >= 4 is 40.7 Å². The molecule has 2 aromatic carbocycles. The number of thioether (sulfide) groups is 1. The van der Waals surface area contributed by atoms with Crippen LogP contribution >= 0.6 is 23.4 Å². The summed E-state index contributed by atoms with van der Waals surface area (Å²) in [4.78, 5) is 3.13. The number of nitrogens with one attached hydrogen (secondary N) is 1. The largest absolute Gasteiger partial charge is 0.446 e. The Bertz CT molecular complexity index is 795. The molecule has 2 rings (SSSR count). The summed E-state index contributed by atoms with van der Waals surface area (Å²) in [5, 5.41) is 8.69. The summed E-state index contributed by atoms with van der Waals surface area (Å²) in [5.74, 6) is 0.0920. The molecule has 0 aromatic heterocycles. The number of benzene rings is 2. The maximum Gasteiger partial charge on any atom is 0.446 e. The third kappa shape index (κ3) is 5.08. The summed E-state index contributed by atoms with van der Waals surface area (Å²) < 4.78 is 37.9. The Morgan fingerprint density at radius 1 is 1.12 bits per heavy atom. The van der Waals surface area contributed by atoms with Crippen LogP contribution in [0.5, 0.6) is 0 Å². The van der Waals surface area contributed by atoms with Crippen molar-refractivity contribution in [3.63, 3.8) is 0 Å². The van der Waals surface area contributed by atoms with Crippen molar-refractivity contribution in [2.45, 2.75) is 23.7 Å². The molecule has 2 aromatic rings. The van der Waals surface area contributed by atoms with Gasteiger partial charge in [0.15, 0.2) is 0 Å². The van der Waals surface area contributed by atoms with E-state index in [2.05, 4.69) is 0 Å². The van der Waals surface area contributed by atoms with Crippen LogP contribution in [0.15, 0.2) is 47.4 Å². The van der Waals surface area contributed by atoms with E-state index in [1.165, 1.54) is 23.1 Å². The van der Waals surface area contributed by atoms with Crippen molar-refractivity contribution in [2.75, 3.05) is 23.9 Å². The Hall–Kier alpha value is -1.86. The van der Waals surface area contributed by atoms with Gasteiger partial charge in [0.2, 0.25) is 5.96 Å². The van der Waals surface area contributed by atoms with Gasteiger partial charge in [-0.3, -0.25) is 5.41 Å². The van der Waals surface area contributed by atoms with Gasteiger partial charge in [-0.1, -0.05) is 30.7 Å². The van der Waals surface area contributed by atoms with Gasteiger partial charge in [0.25, 0.3) is 0 Å². The number of alkyl halides is 3. The normalized spacial score (nSPS) is 11.3. The van der Waals surface area contributed by atoms with Crippen LogP contribution in [0.1, 0.15) is 12.5 Å². The summed E-state index contributed by atoms with van der Waals surface area (Å²) in [6.07, 6.45) is 0.868. The lowest BCUT2D eigenvalue weighted by Gasteiger charge is -2.29. The predicted molar refractivity (Wildman–Crippen MR) is 104 cm³/mol. The maximum absolute atomic E-state index is 12.6. The van der Waals surface area contributed by atoms with Crippen molar-refractivity contribution in [1.29, 1.82) is 5.41 Å². The summed E-state index contributed by atoms with van der Waals surface area (Å²) >= 11 is 5.95. The zero-order valence-corrected chi connectivity index (χ0v) is 16.1. The molecule has 0 unspecified atom stereocenters. The molecule has 0 bridgehead atoms. The van der Waals surface area contributed by atoms with E-state index in [1.807, 2.05) is 31.2 Å². The standard InChI is InChI=1S/C18H19ClF3N3S/c1-4-12-6-5-7-13(10-12)24(2)17(23)25(3)16-11-14(8-9-15(16)19)26-18(20,21)22/h5-11,23H,4H2,1-3H3. The van der Waals surface area contributed by atoms with Gasteiger partial charge in [0.1, 0.15) is 0 Å². The highest BCUT2D eigenvalue weighted by Crippen LogP contribution is 2.39. The zero-order valence-electron chi connectivity index (χ0n) is 14.6. The number of nitrogens with zero attached hydrogens (tertiary/aromatic N) is 2. The average molecular weight is 402 g/mol. The van der Waals surface area contributed by atoms with E-state index in [-0.39, 0.29) is 27.6 Å². The predicted octanol–water partition coefficient (Wildman–Crippen LogP) is 6.02. The molecular formula is C18H19ClF3N3S. The summed E-state index contributed by atoms with van der Waals surface area (Å²) in [6.45, 7) is 2.04. The first kappa shape index (κ1) is 20.5. The quantitative estimate of drug-likeness (QED) is 0.386. The van der Waals surface area contributed by atoms with Gasteiger partial charge >= 0.3 is 5.51 Å². The number of aryl methyl sites for hydroxylation is 1. The molecule has 0 atom stereocenters. The van der Waals surface area contributed by atoms with Gasteiger partial charge in [-0.05, 0) is 54.1 Å². The fourth-order valence-electron chi connectivity index (χ4n) is 2.39. The smallest absolute Gasteiger partial charge is 0.316 e. The maximum atomic E-state index is 12.6. The Kier molecular flexibility index (Phi) is 6.47. The molecule has 0 aliphatic rings. The molecule has 0 saturated heterocycles. The second kappa shape index (κ2) is 8.22. The summed E-state index contributed by atoms with van der Waals surface area (Å²) in [6, 6.07) is 11.8. The molecule has 0 aliphatic heterocycles. The highest BCUT2D eigenvalue weighted by atomic mass is 35.5. The minimum absolute atomic E-state index is 0.0205. The van der Waals surface area contributed by atoms with E-state index in [0.717, 1.165) is 17.7 Å². The van der Waals surface area contributed by atoms with Crippen molar-refractivity contribution in [1.82, 2.24) is 0 Å². The van der Waals surface area contributed by atoms with Crippen LogP contribution in [0.25, 0.3) is 0 Å². The molecule has 0 saturated carbocycles. The number of hydrogen-bond acceptors (Lipinski definition) is 2. The number of anilines is 2. The Morgan fingerprint density at radius 2 is 1.81 bits per heavy atom. The van der Waals surface area contributed by atoms with Crippen molar-refractivity contribution in [3.05, 3.63) is 53.1 Å². The molecular weight excluding hydrogens is 383 g/mol. The average Bonchev–Trinajstić information content (AvgIpc) is 2.60. The van der Waals surface area contributed by atoms with Gasteiger partial charge < -0.3 is 9.80 Å². The van der Waals surface area contributed by atoms with Gasteiger partial charge in [0.05, 0.1) is 10.7 Å². The Morgan fingerprint density at radius 3 is 2.42 bits per heavy atom. The van der Waals surface area contributed by atoms with Crippen LogP contribution < -0.4 is 9.80 Å². The SMILES string of the molecule is CCc1cccc(N(C)C(=N)N(C)c2cc(SC(F)(F)F)ccc2Cl)c1. The molecule has 0 aliphatic carbocycles. The van der Waals surface area contributed by atoms with Crippen LogP contribution in [0.2, 0.25) is 5.02 Å². The molecule has 140 valence electrons. The lowest BCUT2D eigenvalue weighted by Crippen LogP contribution is -2.39. The molecule has 0 heterocycles. The van der Waals surface area contributed by atoms with Crippen molar-refractivity contribution in [2.24, 2.45) is 0 Å². The fourth-order valence-corrected chi connectivity index (χ4v) is 3.21. The van der Waals surface area contributed by atoms with Crippen LogP contribution in [0.3, 0.4) is 0 Å². The Balaban J connectivity index is 2.27. The molecule has 3 nitrogen and oxygen atoms in total. The second-order valence-corrected chi connectivity index (χ2v) is 7.17. The van der Waals surface area contributed by atoms with Crippen LogP contribution in [0.4, 0.5) is 24.5 Å². The monoisotopic (exact) mass is 401 g/mol. The first-order chi connectivity index (χ1) is 12.1. The Labute approximate surface area is 160 Å². The summed E-state index contributed by atoms with van der Waals surface area (Å²) in [7, 11) is 3.33. The highest BCUT2D eigenvalue weighted by molar-refractivity contribution is 8.00. The number of halogens is 4. The number of hydrogen-bond donors (Lipinski definition) is 1. The van der Waals surface area contributed by atoms with Crippen LogP contribution in [0, 0.1) is 5.41 Å². The van der Waals surface area contributed by atoms with Gasteiger partial charge in [-0.15, -0.1) is 0 Å². The fraction of sp³-hybridized carbons (Fsp3) is 0.278. The van der Waals surface area contributed by atoms with Crippen molar-refractivity contribution < 1.29 is 13.2 Å². The summed E-state index contributed by atoms with van der Waals surface area (Å²) in [5.41, 5.74) is -2.09. The van der Waals surface area contributed by atoms with E-state index < -0.39 is 5.51 Å². The van der Waals surface area contributed by atoms with E-state index in [1.54, 1.807) is 19.0 Å². The second-order valence-electron chi connectivity index (χ2n) is 5.63. The molecule has 0 radical (unpaired) electrons. The first-order valence-electron chi connectivity index (χ1n) is 7.82. The molecule has 0 amide bonds. The zero-order chi connectivity index (χ0) is 19.5. The topological polar surface area (TPSA) is 30.3 Å². The minimum Gasteiger partial charge on any atom is -0.316 e. The molecule has 1 N–H and O–H groups in total. The molecule has 0 spiro atoms. The van der Waals surface area contributed by atoms with Crippen LogP contribution in [-0.4, -0.2) is 25.6 Å². The van der Waals surface area contributed by atoms with Gasteiger partial charge in [0, 0.05) is 24.7 Å². The van der Waals surface area contributed by atoms with Crippen LogP contribution in [-0.2, 0) is 6.42 Å². The highest BCUT2D eigenvalue weighted by Gasteiger charge is 2.29. The van der Waals surface area contributed by atoms with Gasteiger partial charge in [-0.25, -0.2) is 0 Å². The van der Waals surface area contributed by atoms with Gasteiger partial charge in [-0.2, -0.15) is 13.2 Å². The third-order valence-corrected chi connectivity index (χ3v) is 4.89. The van der Waals surface area contributed by atoms with E-state index in [0.29, 0.717) is 5.69 Å². The lowest BCUT2D eigenvalue weighted by atomic mass is 10.1. The third-order valence-electron chi connectivity index (χ3n) is 3.85. The number of rotatable bonds is 4. The van der Waals surface area contributed by atoms with E-state index in [4.69, 9.17) is 17.0 Å². The number of guanidine groups is 1.